The van der Waals surface area contributed by atoms with E-state index in [9.17, 15) is 22.8 Å². The van der Waals surface area contributed by atoms with Crippen molar-refractivity contribution in [3.05, 3.63) is 59.7 Å². The Bertz CT molecular complexity index is 1040. The molecule has 2 aromatic rings. The van der Waals surface area contributed by atoms with E-state index in [1.54, 1.807) is 36.3 Å². The molecule has 4 rings (SSSR count). The number of amides is 3. The summed E-state index contributed by atoms with van der Waals surface area (Å²) in [5, 5.41) is 5.72. The highest BCUT2D eigenvalue weighted by Crippen LogP contribution is 2.46. The number of urea groups is 1. The Hall–Kier alpha value is -3.23. The first-order valence-electron chi connectivity index (χ1n) is 11.3. The average Bonchev–Trinajstić information content (AvgIpc) is 3.25. The molecule has 182 valence electrons. The summed E-state index contributed by atoms with van der Waals surface area (Å²) in [6.45, 7) is 2.85. The molecule has 2 N–H and O–H groups in total. The lowest BCUT2D eigenvalue weighted by Gasteiger charge is -2.25. The van der Waals surface area contributed by atoms with E-state index in [1.807, 2.05) is 0 Å². The molecule has 2 aliphatic rings. The molecule has 6 nitrogen and oxygen atoms in total. The minimum Gasteiger partial charge on any atom is -0.497 e. The van der Waals surface area contributed by atoms with Crippen molar-refractivity contribution in [1.82, 2.24) is 10.2 Å². The Morgan fingerprint density at radius 1 is 1.18 bits per heavy atom. The minimum atomic E-state index is -4.38. The van der Waals surface area contributed by atoms with Crippen LogP contribution in [0, 0.1) is 17.8 Å². The zero-order chi connectivity index (χ0) is 24.5. The molecule has 1 aliphatic heterocycles. The van der Waals surface area contributed by atoms with Crippen molar-refractivity contribution in [1.29, 1.82) is 0 Å². The van der Waals surface area contributed by atoms with Crippen LogP contribution in [0.3, 0.4) is 0 Å². The first-order chi connectivity index (χ1) is 16.2. The molecule has 0 radical (unpaired) electrons. The van der Waals surface area contributed by atoms with Gasteiger partial charge in [-0.05, 0) is 54.0 Å². The molecule has 4 atom stereocenters. The predicted molar refractivity (Wildman–Crippen MR) is 121 cm³/mol. The van der Waals surface area contributed by atoms with Crippen molar-refractivity contribution in [3.63, 3.8) is 0 Å². The van der Waals surface area contributed by atoms with E-state index in [-0.39, 0.29) is 29.8 Å². The molecule has 0 aromatic heterocycles. The number of benzene rings is 2. The van der Waals surface area contributed by atoms with Crippen LogP contribution in [0.5, 0.6) is 5.75 Å². The van der Waals surface area contributed by atoms with Crippen LogP contribution in [0.25, 0.3) is 0 Å². The molecule has 1 saturated carbocycles. The SMILES string of the molecule is COc1cccc(NC(=O)NC[C@H]2[C@@H]3CC(=O)N(Cc4ccc(C(F)(F)F)cc4)[C@@H]3C[C@@H]2C)c1. The quantitative estimate of drug-likeness (QED) is 0.624. The highest BCUT2D eigenvalue weighted by atomic mass is 19.4. The molecule has 34 heavy (non-hydrogen) atoms. The third kappa shape index (κ3) is 5.13. The highest BCUT2D eigenvalue weighted by molar-refractivity contribution is 5.89. The maximum atomic E-state index is 12.8. The predicted octanol–water partition coefficient (Wildman–Crippen LogP) is 4.91. The van der Waals surface area contributed by atoms with Crippen molar-refractivity contribution in [2.75, 3.05) is 19.0 Å². The number of alkyl halides is 3. The van der Waals surface area contributed by atoms with E-state index in [2.05, 4.69) is 17.6 Å². The Labute approximate surface area is 196 Å². The van der Waals surface area contributed by atoms with Gasteiger partial charge < -0.3 is 20.3 Å². The number of carbonyl (C=O) groups excluding carboxylic acids is 2. The van der Waals surface area contributed by atoms with Gasteiger partial charge in [0.15, 0.2) is 0 Å². The van der Waals surface area contributed by atoms with E-state index in [0.717, 1.165) is 18.6 Å². The standard InChI is InChI=1S/C25H28F3N3O3/c1-15-10-22-20(21(15)13-29-24(33)30-18-4-3-5-19(11-18)34-2)12-23(32)31(22)14-16-6-8-17(9-7-16)25(26,27)28/h3-9,11,15,20-22H,10,12-14H2,1-2H3,(H2,29,30,33)/t15-,20-,21+,22+/m0/s1. The van der Waals surface area contributed by atoms with Crippen LogP contribution in [0.1, 0.15) is 30.9 Å². The molecule has 1 heterocycles. The van der Waals surface area contributed by atoms with Gasteiger partial charge in [-0.2, -0.15) is 13.2 Å². The Kier molecular flexibility index (Phi) is 6.72. The Morgan fingerprint density at radius 2 is 1.91 bits per heavy atom. The van der Waals surface area contributed by atoms with Gasteiger partial charge in [0, 0.05) is 37.3 Å². The number of hydrogen-bond donors (Lipinski definition) is 2. The second-order valence-electron chi connectivity index (χ2n) is 9.10. The fourth-order valence-electron chi connectivity index (χ4n) is 5.23. The number of fused-ring (bicyclic) bond motifs is 1. The van der Waals surface area contributed by atoms with Crippen LogP contribution < -0.4 is 15.4 Å². The van der Waals surface area contributed by atoms with Gasteiger partial charge in [-0.15, -0.1) is 0 Å². The number of rotatable bonds is 6. The maximum absolute atomic E-state index is 12.8. The summed E-state index contributed by atoms with van der Waals surface area (Å²) in [4.78, 5) is 27.0. The van der Waals surface area contributed by atoms with Crippen molar-refractivity contribution < 1.29 is 27.5 Å². The monoisotopic (exact) mass is 475 g/mol. The molecule has 1 aliphatic carbocycles. The summed E-state index contributed by atoms with van der Waals surface area (Å²) in [5.74, 6) is 1.20. The van der Waals surface area contributed by atoms with Crippen molar-refractivity contribution in [2.24, 2.45) is 17.8 Å². The first-order valence-corrected chi connectivity index (χ1v) is 11.3. The number of nitrogens with one attached hydrogen (secondary N) is 2. The largest absolute Gasteiger partial charge is 0.497 e. The smallest absolute Gasteiger partial charge is 0.416 e. The average molecular weight is 476 g/mol. The van der Waals surface area contributed by atoms with Gasteiger partial charge in [-0.3, -0.25) is 4.79 Å². The molecule has 2 aromatic carbocycles. The molecule has 3 amide bonds. The second kappa shape index (κ2) is 9.56. The zero-order valence-corrected chi connectivity index (χ0v) is 19.1. The number of carbonyl (C=O) groups is 2. The minimum absolute atomic E-state index is 0.00706. The Morgan fingerprint density at radius 3 is 2.59 bits per heavy atom. The van der Waals surface area contributed by atoms with Gasteiger partial charge in [0.2, 0.25) is 5.91 Å². The number of hydrogen-bond acceptors (Lipinski definition) is 3. The van der Waals surface area contributed by atoms with Crippen LogP contribution in [0.2, 0.25) is 0 Å². The number of likely N-dealkylation sites (tertiary alicyclic amines) is 1. The lowest BCUT2D eigenvalue weighted by atomic mass is 9.88. The van der Waals surface area contributed by atoms with E-state index < -0.39 is 11.7 Å². The molecule has 0 bridgehead atoms. The lowest BCUT2D eigenvalue weighted by Crippen LogP contribution is -2.36. The molecule has 2 fully saturated rings. The maximum Gasteiger partial charge on any atom is 0.416 e. The molecule has 9 heteroatoms. The molecular weight excluding hydrogens is 447 g/mol. The number of nitrogens with zero attached hydrogens (tertiary/aromatic N) is 1. The zero-order valence-electron chi connectivity index (χ0n) is 19.1. The van der Waals surface area contributed by atoms with E-state index in [1.165, 1.54) is 12.1 Å². The first kappa shape index (κ1) is 23.9. The molecular formula is C25H28F3N3O3. The van der Waals surface area contributed by atoms with Crippen LogP contribution in [0.15, 0.2) is 48.5 Å². The second-order valence-corrected chi connectivity index (χ2v) is 9.10. The number of methoxy groups -OCH3 is 1. The van der Waals surface area contributed by atoms with Gasteiger partial charge in [-0.1, -0.05) is 25.1 Å². The molecule has 0 unspecified atom stereocenters. The Balaban J connectivity index is 1.35. The summed E-state index contributed by atoms with van der Waals surface area (Å²) in [7, 11) is 1.56. The fraction of sp³-hybridized carbons (Fsp3) is 0.440. The topological polar surface area (TPSA) is 70.7 Å². The lowest BCUT2D eigenvalue weighted by molar-refractivity contribution is -0.137. The summed E-state index contributed by atoms with van der Waals surface area (Å²) in [6.07, 6.45) is -3.19. The van der Waals surface area contributed by atoms with E-state index >= 15 is 0 Å². The van der Waals surface area contributed by atoms with E-state index in [4.69, 9.17) is 4.74 Å². The summed E-state index contributed by atoms with van der Waals surface area (Å²) in [6, 6.07) is 11.7. The van der Waals surface area contributed by atoms with Gasteiger partial charge in [-0.25, -0.2) is 4.79 Å². The summed E-state index contributed by atoms with van der Waals surface area (Å²) in [5.41, 5.74) is 0.594. The number of anilines is 1. The third-order valence-electron chi connectivity index (χ3n) is 6.98. The summed E-state index contributed by atoms with van der Waals surface area (Å²) < 4.78 is 43.7. The molecule has 0 spiro atoms. The number of halogens is 3. The van der Waals surface area contributed by atoms with Crippen molar-refractivity contribution >= 4 is 17.6 Å². The van der Waals surface area contributed by atoms with Crippen LogP contribution in [0.4, 0.5) is 23.7 Å². The van der Waals surface area contributed by atoms with Gasteiger partial charge in [0.05, 0.1) is 12.7 Å². The van der Waals surface area contributed by atoms with Gasteiger partial charge in [0.1, 0.15) is 5.75 Å². The van der Waals surface area contributed by atoms with Crippen LogP contribution in [-0.4, -0.2) is 36.5 Å². The van der Waals surface area contributed by atoms with Crippen LogP contribution in [-0.2, 0) is 17.5 Å². The fourth-order valence-corrected chi connectivity index (χ4v) is 5.23. The van der Waals surface area contributed by atoms with Crippen molar-refractivity contribution in [3.8, 4) is 5.75 Å². The third-order valence-corrected chi connectivity index (χ3v) is 6.98. The van der Waals surface area contributed by atoms with Gasteiger partial charge >= 0.3 is 12.2 Å². The van der Waals surface area contributed by atoms with Gasteiger partial charge in [0.25, 0.3) is 0 Å². The van der Waals surface area contributed by atoms with Crippen molar-refractivity contribution in [2.45, 2.75) is 38.5 Å². The summed E-state index contributed by atoms with van der Waals surface area (Å²) >= 11 is 0. The van der Waals surface area contributed by atoms with E-state index in [0.29, 0.717) is 42.4 Å². The highest BCUT2D eigenvalue weighted by Gasteiger charge is 2.50. The number of ether oxygens (including phenoxy) is 1. The van der Waals surface area contributed by atoms with Crippen LogP contribution >= 0.6 is 0 Å². The molecule has 1 saturated heterocycles. The normalized spacial score (nSPS) is 24.1.